The summed E-state index contributed by atoms with van der Waals surface area (Å²) in [6.07, 6.45) is 0. The lowest BCUT2D eigenvalue weighted by Gasteiger charge is -2.01. The number of hydrogen-bond donors (Lipinski definition) is 0. The van der Waals surface area contributed by atoms with Gasteiger partial charge in [0.15, 0.2) is 0 Å². The van der Waals surface area contributed by atoms with Gasteiger partial charge in [-0.05, 0) is 77.9 Å². The highest BCUT2D eigenvalue weighted by atomic mass is 79.9. The largest absolute Gasteiger partial charge is 0.456 e. The van der Waals surface area contributed by atoms with Crippen LogP contribution in [0.15, 0.2) is 125 Å². The molecule has 0 unspecified atom stereocenters. The van der Waals surface area contributed by atoms with E-state index in [1.807, 2.05) is 48.5 Å². The van der Waals surface area contributed by atoms with Gasteiger partial charge in [-0.2, -0.15) is 0 Å². The molecule has 0 radical (unpaired) electrons. The van der Waals surface area contributed by atoms with Crippen LogP contribution < -0.4 is 0 Å². The molecule has 170 valence electrons. The second kappa shape index (κ2) is 9.30. The van der Waals surface area contributed by atoms with Crippen LogP contribution in [0.1, 0.15) is 6.85 Å². The summed E-state index contributed by atoms with van der Waals surface area (Å²) in [6.45, 7) is 0. The highest BCUT2D eigenvalue weighted by Crippen LogP contribution is 2.34. The van der Waals surface area contributed by atoms with E-state index in [-0.39, 0.29) is 29.7 Å². The molecule has 0 spiro atoms. The molecule has 2 heterocycles. The Morgan fingerprint density at radius 3 is 1.31 bits per heavy atom. The van der Waals surface area contributed by atoms with Crippen molar-refractivity contribution in [2.24, 2.45) is 0 Å². The van der Waals surface area contributed by atoms with E-state index in [0.29, 0.717) is 11.1 Å². The van der Waals surface area contributed by atoms with Crippen molar-refractivity contribution in [2.75, 3.05) is 0 Å². The van der Waals surface area contributed by atoms with Gasteiger partial charge < -0.3 is 8.83 Å². The summed E-state index contributed by atoms with van der Waals surface area (Å²) in [4.78, 5) is 0. The molecule has 0 aliphatic carbocycles. The molecule has 5 heteroatoms. The van der Waals surface area contributed by atoms with Crippen molar-refractivity contribution < 1.29 is 15.7 Å². The van der Waals surface area contributed by atoms with Crippen molar-refractivity contribution in [3.8, 4) is 11.1 Å². The fourth-order valence-corrected chi connectivity index (χ4v) is 5.10. The molecule has 0 atom stereocenters. The van der Waals surface area contributed by atoms with E-state index in [9.17, 15) is 0 Å². The van der Waals surface area contributed by atoms with Crippen LogP contribution in [0, 0.1) is 0 Å². The van der Waals surface area contributed by atoms with Crippen molar-refractivity contribution >= 4 is 91.7 Å². The minimum atomic E-state index is -0.391. The lowest BCUT2D eigenvalue weighted by atomic mass is 10.0. The van der Waals surface area contributed by atoms with Crippen molar-refractivity contribution in [3.05, 3.63) is 116 Å². The van der Waals surface area contributed by atoms with Crippen molar-refractivity contribution in [2.45, 2.75) is 0 Å². The minimum absolute atomic E-state index is 0.192. The van der Waals surface area contributed by atoms with Crippen LogP contribution in [-0.2, 0) is 0 Å². The molecule has 0 aliphatic rings. The molecule has 35 heavy (non-hydrogen) atoms. The third-order valence-electron chi connectivity index (χ3n) is 5.61. The first kappa shape index (κ1) is 17.6. The fraction of sp³-hybridized carbons (Fsp3) is 0. The smallest absolute Gasteiger partial charge is 0.135 e. The fourth-order valence-electron chi connectivity index (χ4n) is 4.02. The Kier molecular flexibility index (Phi) is 4.67. The monoisotopic (exact) mass is 651 g/mol. The first-order valence-corrected chi connectivity index (χ1v) is 13.0. The van der Waals surface area contributed by atoms with Gasteiger partial charge in [-0.1, -0.05) is 84.1 Å². The minimum Gasteiger partial charge on any atom is -0.456 e. The third-order valence-corrected chi connectivity index (χ3v) is 7.09. The van der Waals surface area contributed by atoms with Gasteiger partial charge in [0, 0.05) is 35.0 Å². The van der Waals surface area contributed by atoms with E-state index in [4.69, 9.17) is 15.7 Å². The van der Waals surface area contributed by atoms with Gasteiger partial charge in [-0.3, -0.25) is 0 Å². The quantitative estimate of drug-likeness (QED) is 0.176. The van der Waals surface area contributed by atoms with Crippen LogP contribution in [-0.4, -0.2) is 0 Å². The molecule has 7 rings (SSSR count). The zero-order valence-corrected chi connectivity index (χ0v) is 22.6. The second-order valence-electron chi connectivity index (χ2n) is 7.84. The Morgan fingerprint density at radius 2 is 0.857 bits per heavy atom. The average Bonchev–Trinajstić information content (AvgIpc) is 3.48. The molecule has 5 aromatic carbocycles. The molecule has 2 nitrogen and oxygen atoms in total. The van der Waals surface area contributed by atoms with Crippen LogP contribution >= 0.6 is 47.8 Å². The van der Waals surface area contributed by atoms with E-state index < -0.39 is 6.04 Å². The molecule has 0 N–H and O–H groups in total. The summed E-state index contributed by atoms with van der Waals surface area (Å²) in [5.41, 5.74) is 4.02. The number of hydrogen-bond acceptors (Lipinski definition) is 2. The highest BCUT2D eigenvalue weighted by molar-refractivity contribution is 9.11. The van der Waals surface area contributed by atoms with Gasteiger partial charge in [0.1, 0.15) is 22.3 Å². The molecule has 0 amide bonds. The predicted molar refractivity (Wildman–Crippen MR) is 156 cm³/mol. The van der Waals surface area contributed by atoms with Gasteiger partial charge in [-0.15, -0.1) is 0 Å². The summed E-state index contributed by atoms with van der Waals surface area (Å²) in [5.74, 6) is 0. The van der Waals surface area contributed by atoms with Gasteiger partial charge in [0.05, 0.1) is 6.85 Å². The van der Waals surface area contributed by atoms with Crippen LogP contribution in [0.2, 0.25) is 0 Å². The standard InChI is InChI=1S/C18H11BrO.C12H6Br2O/c19-14-7-9-18-16(11-14)15-10-13(6-8-17(15)20-18)12-4-2-1-3-5-12;13-7-1-3-11-9(5-7)10-6-8(14)2-4-12(10)15-11/h1-11H;1-6H/i1D,2D,3D,4D,5D;. The SMILES string of the molecule is Brc1ccc2oc3ccc(Br)cc3c2c1.[2H]c1c([2H])c([2H])c(-c2ccc3oc4ccc(Br)cc4c3c2)c([2H])c1[2H]. The Labute approximate surface area is 233 Å². The molecule has 0 aliphatic heterocycles. The zero-order chi connectivity index (χ0) is 28.3. The highest BCUT2D eigenvalue weighted by Gasteiger charge is 2.09. The van der Waals surface area contributed by atoms with Crippen molar-refractivity contribution in [1.82, 2.24) is 0 Å². The Bertz CT molecular complexity index is 2030. The normalized spacial score (nSPS) is 13.3. The van der Waals surface area contributed by atoms with Crippen molar-refractivity contribution in [1.29, 1.82) is 0 Å². The number of fused-ring (bicyclic) bond motifs is 6. The Hall–Kier alpha value is -2.86. The maximum Gasteiger partial charge on any atom is 0.135 e. The first-order chi connectivity index (χ1) is 19.1. The van der Waals surface area contributed by atoms with Gasteiger partial charge in [0.2, 0.25) is 0 Å². The van der Waals surface area contributed by atoms with Crippen LogP contribution in [0.5, 0.6) is 0 Å². The summed E-state index contributed by atoms with van der Waals surface area (Å²) < 4.78 is 54.3. The van der Waals surface area contributed by atoms with E-state index in [2.05, 4.69) is 59.9 Å². The number of benzene rings is 5. The summed E-state index contributed by atoms with van der Waals surface area (Å²) in [5, 5.41) is 4.01. The maximum absolute atomic E-state index is 8.14. The Morgan fingerprint density at radius 1 is 0.457 bits per heavy atom. The average molecular weight is 654 g/mol. The molecular weight excluding hydrogens is 632 g/mol. The zero-order valence-electron chi connectivity index (χ0n) is 22.9. The summed E-state index contributed by atoms with van der Waals surface area (Å²) in [7, 11) is 0. The maximum atomic E-state index is 8.14. The van der Waals surface area contributed by atoms with E-state index in [1.165, 1.54) is 0 Å². The molecule has 0 saturated heterocycles. The topological polar surface area (TPSA) is 26.3 Å². The van der Waals surface area contributed by atoms with Crippen LogP contribution in [0.4, 0.5) is 0 Å². The Balaban J connectivity index is 0.000000164. The molecule has 0 fully saturated rings. The molecule has 7 aromatic rings. The van der Waals surface area contributed by atoms with E-state index in [1.54, 1.807) is 12.1 Å². The lowest BCUT2D eigenvalue weighted by Crippen LogP contribution is -1.76. The first-order valence-electron chi connectivity index (χ1n) is 13.1. The van der Waals surface area contributed by atoms with Gasteiger partial charge >= 0.3 is 0 Å². The molecule has 0 saturated carbocycles. The van der Waals surface area contributed by atoms with Crippen LogP contribution in [0.25, 0.3) is 55.0 Å². The molecular formula is C30H17Br3O2. The lowest BCUT2D eigenvalue weighted by molar-refractivity contribution is 0.668. The van der Waals surface area contributed by atoms with E-state index in [0.717, 1.165) is 51.7 Å². The van der Waals surface area contributed by atoms with E-state index >= 15 is 0 Å². The van der Waals surface area contributed by atoms with Gasteiger partial charge in [-0.25, -0.2) is 0 Å². The van der Waals surface area contributed by atoms with Gasteiger partial charge in [0.25, 0.3) is 0 Å². The number of rotatable bonds is 1. The second-order valence-corrected chi connectivity index (χ2v) is 10.6. The number of halogens is 3. The predicted octanol–water partition coefficient (Wildman–Crippen LogP) is 11.1. The summed E-state index contributed by atoms with van der Waals surface area (Å²) >= 11 is 10.4. The molecule has 0 bridgehead atoms. The van der Waals surface area contributed by atoms with Crippen molar-refractivity contribution in [3.63, 3.8) is 0 Å². The van der Waals surface area contributed by atoms with Crippen LogP contribution in [0.3, 0.4) is 0 Å². The third kappa shape index (κ3) is 4.44. The summed E-state index contributed by atoms with van der Waals surface area (Å²) in [6, 6.07) is 21.6. The number of furan rings is 2. The molecule has 2 aromatic heterocycles.